The van der Waals surface area contributed by atoms with E-state index >= 15 is 0 Å². The van der Waals surface area contributed by atoms with Crippen LogP contribution in [0, 0.1) is 6.92 Å². The molecule has 1 rings (SSSR count). The zero-order valence-corrected chi connectivity index (χ0v) is 7.28. The fraction of sp³-hybridized carbons (Fsp3) is 0.250. The largest absolute Gasteiger partial charge is 0.349 e. The van der Waals surface area contributed by atoms with Gasteiger partial charge in [0.05, 0.1) is 6.33 Å². The summed E-state index contributed by atoms with van der Waals surface area (Å²) in [4.78, 5) is 6.66. The van der Waals surface area contributed by atoms with Crippen LogP contribution in [0.2, 0.25) is 0 Å². The molecular formula is C4H6N2Zn. The van der Waals surface area contributed by atoms with Crippen LogP contribution in [-0.2, 0) is 19.5 Å². The van der Waals surface area contributed by atoms with Gasteiger partial charge in [0.2, 0.25) is 0 Å². The van der Waals surface area contributed by atoms with Crippen LogP contribution >= 0.6 is 0 Å². The van der Waals surface area contributed by atoms with Gasteiger partial charge in [0.15, 0.2) is 0 Å². The second-order valence-electron chi connectivity index (χ2n) is 1.23. The van der Waals surface area contributed by atoms with Gasteiger partial charge < -0.3 is 4.98 Å². The maximum absolute atomic E-state index is 3.77. The minimum Gasteiger partial charge on any atom is -0.349 e. The molecule has 0 saturated heterocycles. The minimum absolute atomic E-state index is 0. The summed E-state index contributed by atoms with van der Waals surface area (Å²) >= 11 is 0. The van der Waals surface area contributed by atoms with E-state index in [1.807, 2.05) is 6.92 Å². The first-order valence-electron chi connectivity index (χ1n) is 1.84. The minimum atomic E-state index is 0. The molecule has 0 atom stereocenters. The topological polar surface area (TPSA) is 28.7 Å². The van der Waals surface area contributed by atoms with Crippen molar-refractivity contribution in [1.29, 1.82) is 0 Å². The van der Waals surface area contributed by atoms with E-state index in [0.717, 1.165) is 5.69 Å². The van der Waals surface area contributed by atoms with E-state index < -0.39 is 0 Å². The van der Waals surface area contributed by atoms with Crippen LogP contribution in [0.1, 0.15) is 5.69 Å². The smallest absolute Gasteiger partial charge is 0.0921 e. The average molecular weight is 147 g/mol. The summed E-state index contributed by atoms with van der Waals surface area (Å²) in [6.45, 7) is 1.97. The number of nitrogens with one attached hydrogen (secondary N) is 1. The van der Waals surface area contributed by atoms with Crippen molar-refractivity contribution in [2.75, 3.05) is 0 Å². The molecule has 0 aliphatic heterocycles. The van der Waals surface area contributed by atoms with Crippen LogP contribution in [-0.4, -0.2) is 9.97 Å². The van der Waals surface area contributed by atoms with Crippen LogP contribution in [0.25, 0.3) is 0 Å². The molecule has 1 aromatic heterocycles. The summed E-state index contributed by atoms with van der Waals surface area (Å²) in [6, 6.07) is 0. The van der Waals surface area contributed by atoms with Crippen LogP contribution in [0.5, 0.6) is 0 Å². The molecule has 7 heavy (non-hydrogen) atoms. The molecule has 0 aromatic carbocycles. The molecule has 0 fully saturated rings. The average Bonchev–Trinajstić information content (AvgIpc) is 1.86. The van der Waals surface area contributed by atoms with Crippen LogP contribution in [0.15, 0.2) is 12.5 Å². The molecule has 0 saturated carbocycles. The second kappa shape index (κ2) is 2.92. The van der Waals surface area contributed by atoms with Gasteiger partial charge in [-0.15, -0.1) is 0 Å². The Morgan fingerprint density at radius 3 is 2.57 bits per heavy atom. The molecule has 1 N–H and O–H groups in total. The molecule has 0 radical (unpaired) electrons. The fourth-order valence-corrected chi connectivity index (χ4v) is 0.325. The number of imidazole rings is 1. The van der Waals surface area contributed by atoms with E-state index in [2.05, 4.69) is 9.97 Å². The van der Waals surface area contributed by atoms with E-state index in [1.165, 1.54) is 0 Å². The Morgan fingerprint density at radius 1 is 1.71 bits per heavy atom. The van der Waals surface area contributed by atoms with Gasteiger partial charge in [-0.25, -0.2) is 4.98 Å². The monoisotopic (exact) mass is 146 g/mol. The zero-order chi connectivity index (χ0) is 4.41. The number of H-pyrrole nitrogens is 1. The van der Waals surface area contributed by atoms with Gasteiger partial charge in [0.1, 0.15) is 0 Å². The van der Waals surface area contributed by atoms with E-state index in [4.69, 9.17) is 0 Å². The van der Waals surface area contributed by atoms with Crippen molar-refractivity contribution in [3.63, 3.8) is 0 Å². The number of aromatic nitrogens is 2. The van der Waals surface area contributed by atoms with E-state index in [1.54, 1.807) is 12.5 Å². The van der Waals surface area contributed by atoms with Gasteiger partial charge in [-0.3, -0.25) is 0 Å². The predicted molar refractivity (Wildman–Crippen MR) is 23.3 cm³/mol. The molecule has 0 aliphatic rings. The van der Waals surface area contributed by atoms with Crippen molar-refractivity contribution in [2.24, 2.45) is 0 Å². The summed E-state index contributed by atoms with van der Waals surface area (Å²) in [5.74, 6) is 0. The number of aromatic amines is 1. The number of rotatable bonds is 0. The Morgan fingerprint density at radius 2 is 2.43 bits per heavy atom. The molecule has 0 amide bonds. The Balaban J connectivity index is 0.000000360. The quantitative estimate of drug-likeness (QED) is 0.538. The first-order chi connectivity index (χ1) is 2.89. The van der Waals surface area contributed by atoms with Crippen LogP contribution in [0.3, 0.4) is 0 Å². The Labute approximate surface area is 55.1 Å². The molecule has 3 heteroatoms. The summed E-state index contributed by atoms with van der Waals surface area (Å²) in [6.07, 6.45) is 3.44. The third-order valence-electron chi connectivity index (χ3n) is 0.635. The van der Waals surface area contributed by atoms with E-state index in [9.17, 15) is 0 Å². The van der Waals surface area contributed by atoms with Gasteiger partial charge in [0, 0.05) is 31.4 Å². The summed E-state index contributed by atoms with van der Waals surface area (Å²) in [5.41, 5.74) is 1.11. The van der Waals surface area contributed by atoms with Crippen molar-refractivity contribution < 1.29 is 19.5 Å². The Bertz CT molecular complexity index is 113. The molecule has 0 bridgehead atoms. The van der Waals surface area contributed by atoms with Crippen molar-refractivity contribution >= 4 is 0 Å². The fourth-order valence-electron chi connectivity index (χ4n) is 0.325. The van der Waals surface area contributed by atoms with Gasteiger partial charge in [0.25, 0.3) is 0 Å². The number of hydrogen-bond acceptors (Lipinski definition) is 1. The second-order valence-corrected chi connectivity index (χ2v) is 1.23. The van der Waals surface area contributed by atoms with Crippen LogP contribution < -0.4 is 0 Å². The summed E-state index contributed by atoms with van der Waals surface area (Å²) in [7, 11) is 0. The van der Waals surface area contributed by atoms with Gasteiger partial charge in [-0.2, -0.15) is 0 Å². The molecule has 1 heterocycles. The summed E-state index contributed by atoms with van der Waals surface area (Å²) in [5, 5.41) is 0. The van der Waals surface area contributed by atoms with E-state index in [0.29, 0.717) is 0 Å². The first kappa shape index (κ1) is 6.83. The van der Waals surface area contributed by atoms with Gasteiger partial charge in [-0.05, 0) is 6.92 Å². The van der Waals surface area contributed by atoms with Crippen molar-refractivity contribution in [3.05, 3.63) is 18.2 Å². The molecule has 0 aliphatic carbocycles. The third kappa shape index (κ3) is 1.84. The van der Waals surface area contributed by atoms with Crippen molar-refractivity contribution in [3.8, 4) is 0 Å². The van der Waals surface area contributed by atoms with Gasteiger partial charge in [-0.1, -0.05) is 0 Å². The molecule has 34 valence electrons. The molecule has 0 spiro atoms. The number of nitrogens with zero attached hydrogens (tertiary/aromatic N) is 1. The molecular weight excluding hydrogens is 141 g/mol. The Kier molecular flexibility index (Phi) is 2.85. The SMILES string of the molecule is Cc1cnc[nH]1.[Zn]. The number of aryl methyl sites for hydroxylation is 1. The van der Waals surface area contributed by atoms with Gasteiger partial charge >= 0.3 is 0 Å². The molecule has 2 nitrogen and oxygen atoms in total. The van der Waals surface area contributed by atoms with Crippen LogP contribution in [0.4, 0.5) is 0 Å². The predicted octanol–water partition coefficient (Wildman–Crippen LogP) is 0.716. The first-order valence-corrected chi connectivity index (χ1v) is 1.84. The zero-order valence-electron chi connectivity index (χ0n) is 4.31. The van der Waals surface area contributed by atoms with E-state index in [-0.39, 0.29) is 19.5 Å². The maximum Gasteiger partial charge on any atom is 0.0921 e. The normalized spacial score (nSPS) is 7.57. The summed E-state index contributed by atoms with van der Waals surface area (Å²) < 4.78 is 0. The molecule has 0 unspecified atom stereocenters. The molecule has 1 aromatic rings. The van der Waals surface area contributed by atoms with Crippen molar-refractivity contribution in [2.45, 2.75) is 6.92 Å². The standard InChI is InChI=1S/C4H6N2.Zn/c1-4-2-5-3-6-4;/h2-3H,1H3,(H,5,6);. The maximum atomic E-state index is 3.77. The third-order valence-corrected chi connectivity index (χ3v) is 0.635. The van der Waals surface area contributed by atoms with Crippen molar-refractivity contribution in [1.82, 2.24) is 9.97 Å². The Hall–Kier alpha value is -0.167. The number of hydrogen-bond donors (Lipinski definition) is 1.